The molecule has 2 aliphatic rings. The zero-order chi connectivity index (χ0) is 17.1. The van der Waals surface area contributed by atoms with Crippen LogP contribution in [-0.4, -0.2) is 32.9 Å². The van der Waals surface area contributed by atoms with E-state index in [2.05, 4.69) is 46.0 Å². The predicted molar refractivity (Wildman–Crippen MR) is 114 cm³/mol. The van der Waals surface area contributed by atoms with Crippen molar-refractivity contribution in [3.8, 4) is 11.5 Å². The third-order valence-corrected chi connectivity index (χ3v) is 4.84. The van der Waals surface area contributed by atoms with Crippen molar-refractivity contribution in [2.24, 2.45) is 4.99 Å². The van der Waals surface area contributed by atoms with Crippen LogP contribution in [0, 0.1) is 0 Å². The van der Waals surface area contributed by atoms with Gasteiger partial charge in [0, 0.05) is 26.1 Å². The van der Waals surface area contributed by atoms with Crippen LogP contribution in [0.15, 0.2) is 47.5 Å². The fourth-order valence-corrected chi connectivity index (χ4v) is 3.41. The molecule has 0 aromatic heterocycles. The fraction of sp³-hybridized carbons (Fsp3) is 0.350. The summed E-state index contributed by atoms with van der Waals surface area (Å²) in [7, 11) is 1.81. The lowest BCUT2D eigenvalue weighted by Crippen LogP contribution is -2.41. The van der Waals surface area contributed by atoms with Crippen molar-refractivity contribution >= 4 is 29.9 Å². The Morgan fingerprint density at radius 2 is 1.96 bits per heavy atom. The molecule has 1 aliphatic carbocycles. The zero-order valence-corrected chi connectivity index (χ0v) is 17.2. The number of guanidine groups is 1. The van der Waals surface area contributed by atoms with Gasteiger partial charge in [0.15, 0.2) is 17.5 Å². The van der Waals surface area contributed by atoms with E-state index in [9.17, 15) is 0 Å². The van der Waals surface area contributed by atoms with Gasteiger partial charge in [-0.2, -0.15) is 0 Å². The molecule has 2 N–H and O–H groups in total. The van der Waals surface area contributed by atoms with Crippen LogP contribution in [0.4, 0.5) is 0 Å². The van der Waals surface area contributed by atoms with Crippen molar-refractivity contribution < 1.29 is 9.47 Å². The van der Waals surface area contributed by atoms with E-state index < -0.39 is 0 Å². The number of benzene rings is 2. The molecule has 4 rings (SSSR count). The van der Waals surface area contributed by atoms with Gasteiger partial charge in [-0.15, -0.1) is 24.0 Å². The van der Waals surface area contributed by atoms with Gasteiger partial charge in [0.05, 0.1) is 0 Å². The Morgan fingerprint density at radius 1 is 1.12 bits per heavy atom. The summed E-state index contributed by atoms with van der Waals surface area (Å²) in [5, 5.41) is 6.81. The summed E-state index contributed by atoms with van der Waals surface area (Å²) in [6.07, 6.45) is 2.06. The minimum Gasteiger partial charge on any atom is -0.454 e. The Balaban J connectivity index is 0.00000196. The van der Waals surface area contributed by atoms with Gasteiger partial charge < -0.3 is 20.1 Å². The van der Waals surface area contributed by atoms with Crippen molar-refractivity contribution in [3.05, 3.63) is 59.2 Å². The number of aliphatic imine (C=N–C) groups is 1. The molecular weight excluding hydrogens is 441 g/mol. The van der Waals surface area contributed by atoms with E-state index in [4.69, 9.17) is 9.47 Å². The zero-order valence-electron chi connectivity index (χ0n) is 14.8. The summed E-state index contributed by atoms with van der Waals surface area (Å²) < 4.78 is 10.8. The molecule has 6 heteroatoms. The van der Waals surface area contributed by atoms with Crippen molar-refractivity contribution in [1.82, 2.24) is 10.6 Å². The molecule has 0 fully saturated rings. The third kappa shape index (κ3) is 4.06. The number of ether oxygens (including phenoxy) is 2. The maximum Gasteiger partial charge on any atom is 0.231 e. The Kier molecular flexibility index (Phi) is 6.24. The fourth-order valence-electron chi connectivity index (χ4n) is 3.41. The second-order valence-electron chi connectivity index (χ2n) is 6.42. The van der Waals surface area contributed by atoms with Gasteiger partial charge in [0.1, 0.15) is 0 Å². The molecular formula is C20H24IN3O2. The Morgan fingerprint density at radius 3 is 2.81 bits per heavy atom. The molecule has 0 saturated heterocycles. The molecule has 26 heavy (non-hydrogen) atoms. The highest BCUT2D eigenvalue weighted by Crippen LogP contribution is 2.34. The Bertz CT molecular complexity index is 794. The van der Waals surface area contributed by atoms with Crippen molar-refractivity contribution in [3.63, 3.8) is 0 Å². The minimum absolute atomic E-state index is 0. The smallest absolute Gasteiger partial charge is 0.231 e. The highest BCUT2D eigenvalue weighted by molar-refractivity contribution is 14.0. The highest BCUT2D eigenvalue weighted by atomic mass is 127. The van der Waals surface area contributed by atoms with Gasteiger partial charge >= 0.3 is 0 Å². The van der Waals surface area contributed by atoms with Gasteiger partial charge in [0.25, 0.3) is 0 Å². The Hall–Kier alpha value is -1.96. The van der Waals surface area contributed by atoms with Crippen molar-refractivity contribution in [1.29, 1.82) is 0 Å². The summed E-state index contributed by atoms with van der Waals surface area (Å²) in [4.78, 5) is 4.31. The number of halogens is 1. The van der Waals surface area contributed by atoms with Gasteiger partial charge in [-0.05, 0) is 41.7 Å². The van der Waals surface area contributed by atoms with Crippen LogP contribution in [0.5, 0.6) is 11.5 Å². The first-order valence-electron chi connectivity index (χ1n) is 8.74. The van der Waals surface area contributed by atoms with E-state index in [1.807, 2.05) is 19.2 Å². The maximum atomic E-state index is 5.42. The molecule has 1 atom stereocenters. The van der Waals surface area contributed by atoms with Crippen LogP contribution in [0.1, 0.15) is 22.6 Å². The quantitative estimate of drug-likeness (QED) is 0.405. The van der Waals surface area contributed by atoms with E-state index in [1.54, 1.807) is 0 Å². The topological polar surface area (TPSA) is 54.9 Å². The van der Waals surface area contributed by atoms with Crippen LogP contribution >= 0.6 is 24.0 Å². The molecule has 2 aromatic carbocycles. The molecule has 1 heterocycles. The van der Waals surface area contributed by atoms with Crippen LogP contribution in [0.2, 0.25) is 0 Å². The lowest BCUT2D eigenvalue weighted by Gasteiger charge is -2.30. The van der Waals surface area contributed by atoms with E-state index in [0.717, 1.165) is 43.4 Å². The summed E-state index contributed by atoms with van der Waals surface area (Å²) >= 11 is 0. The number of fused-ring (bicyclic) bond motifs is 2. The summed E-state index contributed by atoms with van der Waals surface area (Å²) in [5.74, 6) is 3.10. The first kappa shape index (κ1) is 18.8. The average molecular weight is 465 g/mol. The van der Waals surface area contributed by atoms with E-state index in [-0.39, 0.29) is 24.0 Å². The SMILES string of the molecule is CN=C(NCCc1ccc2c(c1)OCO2)NCC1Cc2ccccc21.I. The number of nitrogens with zero attached hydrogens (tertiary/aromatic N) is 1. The second-order valence-corrected chi connectivity index (χ2v) is 6.42. The van der Waals surface area contributed by atoms with Crippen molar-refractivity contribution in [2.45, 2.75) is 18.8 Å². The number of hydrogen-bond acceptors (Lipinski definition) is 3. The van der Waals surface area contributed by atoms with Gasteiger partial charge in [-0.1, -0.05) is 30.3 Å². The maximum absolute atomic E-state index is 5.42. The number of hydrogen-bond donors (Lipinski definition) is 2. The monoisotopic (exact) mass is 465 g/mol. The standard InChI is InChI=1S/C20H23N3O2.HI/c1-21-20(23-12-16-11-15-4-2-3-5-17(15)16)22-9-8-14-6-7-18-19(10-14)25-13-24-18;/h2-7,10,16H,8-9,11-13H2,1H3,(H2,21,22,23);1H. The van der Waals surface area contributed by atoms with Crippen LogP contribution in [-0.2, 0) is 12.8 Å². The second kappa shape index (κ2) is 8.62. The Labute approximate surface area is 171 Å². The summed E-state index contributed by atoms with van der Waals surface area (Å²) in [6.45, 7) is 2.05. The molecule has 0 radical (unpaired) electrons. The summed E-state index contributed by atoms with van der Waals surface area (Å²) in [6, 6.07) is 14.8. The van der Waals surface area contributed by atoms with E-state index in [0.29, 0.717) is 12.7 Å². The lowest BCUT2D eigenvalue weighted by molar-refractivity contribution is 0.174. The molecule has 0 spiro atoms. The predicted octanol–water partition coefficient (Wildman–Crippen LogP) is 3.08. The molecule has 1 aliphatic heterocycles. The average Bonchev–Trinajstić information content (AvgIpc) is 3.08. The number of nitrogens with one attached hydrogen (secondary N) is 2. The lowest BCUT2D eigenvalue weighted by atomic mass is 9.78. The van der Waals surface area contributed by atoms with Crippen LogP contribution < -0.4 is 20.1 Å². The van der Waals surface area contributed by atoms with Crippen LogP contribution in [0.25, 0.3) is 0 Å². The van der Waals surface area contributed by atoms with Crippen molar-refractivity contribution in [2.75, 3.05) is 26.9 Å². The van der Waals surface area contributed by atoms with Gasteiger partial charge in [-0.25, -0.2) is 0 Å². The molecule has 0 amide bonds. The molecule has 0 bridgehead atoms. The molecule has 0 saturated carbocycles. The van der Waals surface area contributed by atoms with Gasteiger partial charge in [0.2, 0.25) is 6.79 Å². The normalized spacial score (nSPS) is 17.0. The molecule has 1 unspecified atom stereocenters. The summed E-state index contributed by atoms with van der Waals surface area (Å²) in [5.41, 5.74) is 4.16. The first-order chi connectivity index (χ1) is 12.3. The van der Waals surface area contributed by atoms with Gasteiger partial charge in [-0.3, -0.25) is 4.99 Å². The number of rotatable bonds is 5. The molecule has 5 nitrogen and oxygen atoms in total. The highest BCUT2D eigenvalue weighted by Gasteiger charge is 2.25. The van der Waals surface area contributed by atoms with E-state index in [1.165, 1.54) is 16.7 Å². The molecule has 138 valence electrons. The largest absolute Gasteiger partial charge is 0.454 e. The third-order valence-electron chi connectivity index (χ3n) is 4.84. The first-order valence-corrected chi connectivity index (χ1v) is 8.74. The van der Waals surface area contributed by atoms with Crippen LogP contribution in [0.3, 0.4) is 0 Å². The minimum atomic E-state index is 0. The molecule has 2 aromatic rings. The van der Waals surface area contributed by atoms with E-state index >= 15 is 0 Å².